The molecule has 0 bridgehead atoms. The van der Waals surface area contributed by atoms with Gasteiger partial charge in [-0.15, -0.1) is 0 Å². The van der Waals surface area contributed by atoms with Crippen LogP contribution in [0.4, 0.5) is 65.6 Å². The van der Waals surface area contributed by atoms with Gasteiger partial charge in [0, 0.05) is 25.3 Å². The predicted octanol–water partition coefficient (Wildman–Crippen LogP) is 5.64. The van der Waals surface area contributed by atoms with Crippen molar-refractivity contribution in [1.29, 1.82) is 0 Å². The van der Waals surface area contributed by atoms with E-state index in [1.165, 1.54) is 22.7 Å². The fraction of sp³-hybridized carbons (Fsp3) is 0.286. The van der Waals surface area contributed by atoms with Crippen LogP contribution in [0.1, 0.15) is 12.8 Å². The molecule has 0 amide bonds. The number of aromatic nitrogens is 4. The first kappa shape index (κ1) is 42.4. The van der Waals surface area contributed by atoms with Crippen molar-refractivity contribution in [2.45, 2.75) is 37.4 Å². The number of imidazole rings is 1. The largest absolute Gasteiger partial charge is 0.490 e. The summed E-state index contributed by atoms with van der Waals surface area (Å²) in [6.07, 6.45) is -8.12. The minimum Gasteiger partial charge on any atom is -0.475 e. The van der Waals surface area contributed by atoms with E-state index in [-0.39, 0.29) is 17.3 Å². The van der Waals surface area contributed by atoms with Gasteiger partial charge in [0.25, 0.3) is 0 Å². The molecular formula is C28H24F11N7O6. The Hall–Kier alpha value is -5.81. The van der Waals surface area contributed by atoms with E-state index in [4.69, 9.17) is 35.4 Å². The Labute approximate surface area is 283 Å². The molecule has 3 aromatic heterocycles. The number of carboxylic acids is 3. The van der Waals surface area contributed by atoms with Gasteiger partial charge in [-0.3, -0.25) is 4.98 Å². The maximum absolute atomic E-state index is 14.3. The van der Waals surface area contributed by atoms with Crippen molar-refractivity contribution in [3.8, 4) is 11.3 Å². The summed E-state index contributed by atoms with van der Waals surface area (Å²) in [6, 6.07) is 9.11. The third kappa shape index (κ3) is 12.5. The van der Waals surface area contributed by atoms with Gasteiger partial charge < -0.3 is 31.3 Å². The van der Waals surface area contributed by atoms with Gasteiger partial charge in [-0.05, 0) is 43.2 Å². The third-order valence-corrected chi connectivity index (χ3v) is 6.17. The quantitative estimate of drug-likeness (QED) is 0.161. The van der Waals surface area contributed by atoms with Gasteiger partial charge in [0.2, 0.25) is 5.95 Å². The molecule has 0 aliphatic carbocycles. The second-order valence-electron chi connectivity index (χ2n) is 10.0. The number of alkyl halides is 9. The number of halogens is 11. The van der Waals surface area contributed by atoms with Crippen molar-refractivity contribution in [3.63, 3.8) is 0 Å². The van der Waals surface area contributed by atoms with Gasteiger partial charge in [0.15, 0.2) is 0 Å². The predicted molar refractivity (Wildman–Crippen MR) is 156 cm³/mol. The number of carbonyl (C=O) groups is 3. The number of aliphatic carboxylic acids is 3. The molecule has 24 heteroatoms. The lowest BCUT2D eigenvalue weighted by Crippen LogP contribution is -2.43. The Morgan fingerprint density at radius 1 is 0.808 bits per heavy atom. The molecule has 284 valence electrons. The van der Waals surface area contributed by atoms with Crippen LogP contribution in [-0.2, 0) is 14.4 Å². The molecule has 4 aromatic rings. The Bertz CT molecular complexity index is 1770. The Morgan fingerprint density at radius 3 is 1.81 bits per heavy atom. The van der Waals surface area contributed by atoms with E-state index < -0.39 is 48.1 Å². The lowest BCUT2D eigenvalue weighted by molar-refractivity contribution is -0.193. The van der Waals surface area contributed by atoms with Crippen molar-refractivity contribution in [2.24, 2.45) is 5.73 Å². The van der Waals surface area contributed by atoms with Crippen LogP contribution in [0.2, 0.25) is 0 Å². The van der Waals surface area contributed by atoms with Crippen LogP contribution >= 0.6 is 0 Å². The molecule has 0 saturated carbocycles. The number of fused-ring (bicyclic) bond motifs is 1. The molecule has 6 N–H and O–H groups in total. The highest BCUT2D eigenvalue weighted by Crippen LogP contribution is 2.30. The summed E-state index contributed by atoms with van der Waals surface area (Å²) in [6.45, 7) is 1.67. The normalized spacial score (nSPS) is 14.5. The number of anilines is 3. The smallest absolute Gasteiger partial charge is 0.475 e. The number of pyridine rings is 1. The summed E-state index contributed by atoms with van der Waals surface area (Å²) in [7, 11) is 0. The molecule has 1 fully saturated rings. The second-order valence-corrected chi connectivity index (χ2v) is 10.0. The molecule has 0 spiro atoms. The molecule has 5 rings (SSSR count). The van der Waals surface area contributed by atoms with Crippen LogP contribution in [0.5, 0.6) is 0 Å². The molecule has 0 unspecified atom stereocenters. The Balaban J connectivity index is 0.000000365. The number of piperidine rings is 1. The number of benzene rings is 1. The highest BCUT2D eigenvalue weighted by molar-refractivity contribution is 5.75. The molecule has 1 aliphatic rings. The van der Waals surface area contributed by atoms with E-state index in [1.54, 1.807) is 30.7 Å². The molecule has 1 aromatic carbocycles. The van der Waals surface area contributed by atoms with E-state index in [0.29, 0.717) is 11.5 Å². The van der Waals surface area contributed by atoms with E-state index in [0.717, 1.165) is 37.3 Å². The Kier molecular flexibility index (Phi) is 14.2. The average Bonchev–Trinajstić information content (AvgIpc) is 3.42. The summed E-state index contributed by atoms with van der Waals surface area (Å²) < 4.78 is 125. The highest BCUT2D eigenvalue weighted by Gasteiger charge is 2.39. The zero-order chi connectivity index (χ0) is 39.6. The molecule has 1 aliphatic heterocycles. The average molecular weight is 764 g/mol. The number of carboxylic acid groups (broad SMARTS) is 3. The number of nitrogens with zero attached hydrogens (tertiary/aromatic N) is 5. The highest BCUT2D eigenvalue weighted by atomic mass is 19.4. The summed E-state index contributed by atoms with van der Waals surface area (Å²) >= 11 is 0. The number of hydrogen-bond acceptors (Lipinski definition) is 9. The van der Waals surface area contributed by atoms with Gasteiger partial charge in [-0.2, -0.15) is 49.1 Å². The molecular weight excluding hydrogens is 739 g/mol. The van der Waals surface area contributed by atoms with Gasteiger partial charge in [0.05, 0.1) is 40.5 Å². The van der Waals surface area contributed by atoms with Crippen LogP contribution in [0.3, 0.4) is 0 Å². The first-order valence-electron chi connectivity index (χ1n) is 13.8. The molecule has 4 heterocycles. The van der Waals surface area contributed by atoms with Gasteiger partial charge in [-0.25, -0.2) is 28.1 Å². The second kappa shape index (κ2) is 17.4. The van der Waals surface area contributed by atoms with Gasteiger partial charge in [-0.1, -0.05) is 6.07 Å². The van der Waals surface area contributed by atoms with Crippen LogP contribution in [-0.4, -0.2) is 90.5 Å². The zero-order valence-corrected chi connectivity index (χ0v) is 25.6. The fourth-order valence-electron chi connectivity index (χ4n) is 3.95. The molecule has 13 nitrogen and oxygen atoms in total. The van der Waals surface area contributed by atoms with Crippen LogP contribution in [0.15, 0.2) is 55.0 Å². The summed E-state index contributed by atoms with van der Waals surface area (Å²) in [4.78, 5) is 37.5. The maximum Gasteiger partial charge on any atom is 0.490 e. The van der Waals surface area contributed by atoms with Crippen molar-refractivity contribution in [3.05, 3.63) is 66.6 Å². The lowest BCUT2D eigenvalue weighted by atomic mass is 10.1. The van der Waals surface area contributed by atoms with Gasteiger partial charge in [0.1, 0.15) is 11.6 Å². The zero-order valence-electron chi connectivity index (χ0n) is 25.6. The van der Waals surface area contributed by atoms with Crippen LogP contribution in [0, 0.1) is 11.6 Å². The lowest BCUT2D eigenvalue weighted by Gasteiger charge is -2.33. The molecule has 0 radical (unpaired) electrons. The maximum atomic E-state index is 14.3. The number of nitrogens with one attached hydrogen (secondary N) is 1. The van der Waals surface area contributed by atoms with E-state index in [9.17, 15) is 48.3 Å². The van der Waals surface area contributed by atoms with Crippen molar-refractivity contribution < 1.29 is 78.0 Å². The van der Waals surface area contributed by atoms with Crippen LogP contribution in [0.25, 0.3) is 16.8 Å². The minimum absolute atomic E-state index is 0.127. The topological polar surface area (TPSA) is 196 Å². The van der Waals surface area contributed by atoms with E-state index >= 15 is 0 Å². The molecule has 52 heavy (non-hydrogen) atoms. The standard InChI is InChI=1S/C22H21F2N7.3C2HF3O2/c23-16-4-1-5-17(24)21(16)18-7-6-15-11-27-22(31(15)29-18)28-19-12-26-9-8-20(19)30-10-2-3-14(25)13-30;3*3-2(4,5)1(6)7/h1,4-9,11-12,14H,2-3,10,13,25H2,(H,27,28);3*(H,6,7)/t14-;;;/m0.../s1. The van der Waals surface area contributed by atoms with Crippen molar-refractivity contribution in [2.75, 3.05) is 23.3 Å². The van der Waals surface area contributed by atoms with E-state index in [1.807, 2.05) is 6.07 Å². The number of hydrogen-bond donors (Lipinski definition) is 5. The third-order valence-electron chi connectivity index (χ3n) is 6.17. The summed E-state index contributed by atoms with van der Waals surface area (Å²) in [5.74, 6) is -9.19. The van der Waals surface area contributed by atoms with Crippen molar-refractivity contribution in [1.82, 2.24) is 19.6 Å². The molecule has 1 saturated heterocycles. The number of nitrogens with two attached hydrogens (primary N) is 1. The molecule has 1 atom stereocenters. The first-order valence-corrected chi connectivity index (χ1v) is 13.8. The van der Waals surface area contributed by atoms with Gasteiger partial charge >= 0.3 is 36.4 Å². The number of rotatable bonds is 4. The fourth-order valence-corrected chi connectivity index (χ4v) is 3.95. The Morgan fingerprint density at radius 2 is 1.33 bits per heavy atom. The summed E-state index contributed by atoms with van der Waals surface area (Å²) in [5.41, 5.74) is 8.58. The monoisotopic (exact) mass is 763 g/mol. The summed E-state index contributed by atoms with van der Waals surface area (Å²) in [5, 5.41) is 29.1. The van der Waals surface area contributed by atoms with Crippen LogP contribution < -0.4 is 16.0 Å². The van der Waals surface area contributed by atoms with E-state index in [2.05, 4.69) is 25.3 Å². The minimum atomic E-state index is -5.08. The SMILES string of the molecule is N[C@H]1CCCN(c2ccncc2Nc2ncc3ccc(-c4c(F)cccc4F)nn23)C1.O=C(O)C(F)(F)F.O=C(O)C(F)(F)F.O=C(O)C(F)(F)F. The van der Waals surface area contributed by atoms with Crippen molar-refractivity contribution >= 4 is 40.7 Å². The first-order chi connectivity index (χ1) is 23.9.